The lowest BCUT2D eigenvalue weighted by Gasteiger charge is -2.32. The van der Waals surface area contributed by atoms with Crippen LogP contribution in [0.4, 0.5) is 10.1 Å². The molecule has 0 saturated carbocycles. The standard InChI is InChI=1S/C21H26FN3O4/c1-3-23-10-21(29)6-7-24(11-21)18-13-5-4-12(2)25-9-15(20(27)28)19(26)14(17(13)25)8-16(18)22/h8-9,12,23,29H,3-7,10-11H2,1-2H3,(H,27,28). The zero-order valence-electron chi connectivity index (χ0n) is 16.7. The van der Waals surface area contributed by atoms with Crippen LogP contribution in [0.3, 0.4) is 0 Å². The van der Waals surface area contributed by atoms with Crippen LogP contribution in [0.2, 0.25) is 0 Å². The van der Waals surface area contributed by atoms with Crippen LogP contribution in [0, 0.1) is 5.82 Å². The number of nitrogens with one attached hydrogen (secondary N) is 1. The van der Waals surface area contributed by atoms with Crippen LogP contribution in [-0.4, -0.2) is 52.5 Å². The average Bonchev–Trinajstić information content (AvgIpc) is 3.06. The highest BCUT2D eigenvalue weighted by molar-refractivity contribution is 5.95. The second-order valence-electron chi connectivity index (χ2n) is 8.23. The molecule has 3 N–H and O–H groups in total. The molecule has 0 radical (unpaired) electrons. The van der Waals surface area contributed by atoms with Crippen LogP contribution < -0.4 is 15.6 Å². The van der Waals surface area contributed by atoms with Gasteiger partial charge >= 0.3 is 5.97 Å². The van der Waals surface area contributed by atoms with E-state index in [1.54, 1.807) is 4.57 Å². The van der Waals surface area contributed by atoms with Gasteiger partial charge in [0, 0.05) is 42.8 Å². The summed E-state index contributed by atoms with van der Waals surface area (Å²) in [6, 6.07) is 1.17. The van der Waals surface area contributed by atoms with Gasteiger partial charge in [-0.05, 0) is 38.8 Å². The normalized spacial score (nSPS) is 23.7. The summed E-state index contributed by atoms with van der Waals surface area (Å²) < 4.78 is 17.0. The number of hydrogen-bond donors (Lipinski definition) is 3. The van der Waals surface area contributed by atoms with E-state index in [1.165, 1.54) is 12.3 Å². The number of carboxylic acids is 1. The Hall–Kier alpha value is -2.45. The molecule has 156 valence electrons. The highest BCUT2D eigenvalue weighted by Gasteiger charge is 2.38. The number of aromatic carboxylic acids is 1. The molecule has 2 aromatic rings. The minimum absolute atomic E-state index is 0.00581. The fourth-order valence-corrected chi connectivity index (χ4v) is 4.68. The summed E-state index contributed by atoms with van der Waals surface area (Å²) in [5, 5.41) is 23.5. The molecular formula is C21H26FN3O4. The van der Waals surface area contributed by atoms with Gasteiger partial charge in [-0.25, -0.2) is 9.18 Å². The first kappa shape index (κ1) is 19.8. The molecule has 0 aliphatic carbocycles. The van der Waals surface area contributed by atoms with E-state index in [-0.39, 0.29) is 17.0 Å². The first-order chi connectivity index (χ1) is 13.8. The van der Waals surface area contributed by atoms with Crippen molar-refractivity contribution in [1.82, 2.24) is 9.88 Å². The first-order valence-corrected chi connectivity index (χ1v) is 10.1. The maximum absolute atomic E-state index is 15.3. The summed E-state index contributed by atoms with van der Waals surface area (Å²) in [4.78, 5) is 26.1. The lowest BCUT2D eigenvalue weighted by molar-refractivity contribution is 0.0635. The molecule has 0 bridgehead atoms. The molecule has 0 spiro atoms. The molecular weight excluding hydrogens is 377 g/mol. The Morgan fingerprint density at radius 1 is 1.45 bits per heavy atom. The summed E-state index contributed by atoms with van der Waals surface area (Å²) in [6.45, 7) is 5.94. The maximum atomic E-state index is 15.3. The molecule has 7 nitrogen and oxygen atoms in total. The molecule has 2 aliphatic heterocycles. The van der Waals surface area contributed by atoms with E-state index in [0.29, 0.717) is 43.7 Å². The minimum atomic E-state index is -1.31. The number of benzene rings is 1. The molecule has 2 atom stereocenters. The smallest absolute Gasteiger partial charge is 0.341 e. The van der Waals surface area contributed by atoms with Crippen molar-refractivity contribution in [2.24, 2.45) is 0 Å². The fourth-order valence-electron chi connectivity index (χ4n) is 4.68. The van der Waals surface area contributed by atoms with E-state index in [4.69, 9.17) is 0 Å². The van der Waals surface area contributed by atoms with E-state index in [0.717, 1.165) is 18.5 Å². The van der Waals surface area contributed by atoms with Crippen LogP contribution in [0.25, 0.3) is 10.9 Å². The Balaban J connectivity index is 1.88. The van der Waals surface area contributed by atoms with Crippen molar-refractivity contribution >= 4 is 22.6 Å². The van der Waals surface area contributed by atoms with Crippen molar-refractivity contribution in [2.75, 3.05) is 31.1 Å². The third kappa shape index (κ3) is 3.20. The van der Waals surface area contributed by atoms with Crippen LogP contribution >= 0.6 is 0 Å². The monoisotopic (exact) mass is 403 g/mol. The number of β-amino-alcohol motifs (C(OH)–C–C–N with tert-alkyl or cyclic N) is 1. The lowest BCUT2D eigenvalue weighted by Crippen LogP contribution is -2.43. The molecule has 29 heavy (non-hydrogen) atoms. The molecule has 1 fully saturated rings. The van der Waals surface area contributed by atoms with Gasteiger partial charge in [-0.2, -0.15) is 0 Å². The molecule has 4 rings (SSSR count). The van der Waals surface area contributed by atoms with Crippen molar-refractivity contribution in [2.45, 2.75) is 44.8 Å². The summed E-state index contributed by atoms with van der Waals surface area (Å²) in [6.07, 6.45) is 3.22. The largest absolute Gasteiger partial charge is 0.477 e. The van der Waals surface area contributed by atoms with Gasteiger partial charge in [0.15, 0.2) is 0 Å². The van der Waals surface area contributed by atoms with Gasteiger partial charge in [0.05, 0.1) is 16.8 Å². The predicted molar refractivity (Wildman–Crippen MR) is 108 cm³/mol. The molecule has 1 saturated heterocycles. The summed E-state index contributed by atoms with van der Waals surface area (Å²) in [7, 11) is 0. The van der Waals surface area contributed by atoms with Crippen LogP contribution in [0.5, 0.6) is 0 Å². The summed E-state index contributed by atoms with van der Waals surface area (Å²) in [5.41, 5.74) is -0.177. The number of halogens is 1. The Labute approximate surface area is 167 Å². The molecule has 1 aromatic heterocycles. The molecule has 2 aliphatic rings. The number of aryl methyl sites for hydroxylation is 1. The van der Waals surface area contributed by atoms with Gasteiger partial charge < -0.3 is 25.0 Å². The Bertz CT molecular complexity index is 1050. The number of anilines is 1. The van der Waals surface area contributed by atoms with E-state index in [9.17, 15) is 19.8 Å². The lowest BCUT2D eigenvalue weighted by atomic mass is 9.93. The van der Waals surface area contributed by atoms with Crippen molar-refractivity contribution in [3.05, 3.63) is 39.4 Å². The third-order valence-electron chi connectivity index (χ3n) is 6.21. The number of rotatable bonds is 5. The number of hydrogen-bond acceptors (Lipinski definition) is 5. The van der Waals surface area contributed by atoms with Crippen LogP contribution in [0.15, 0.2) is 17.1 Å². The molecule has 0 amide bonds. The Kier molecular flexibility index (Phi) is 4.86. The quantitative estimate of drug-likeness (QED) is 0.706. The number of pyridine rings is 1. The number of carbonyl (C=O) groups is 1. The number of aromatic nitrogens is 1. The maximum Gasteiger partial charge on any atom is 0.341 e. The van der Waals surface area contributed by atoms with Crippen molar-refractivity contribution in [3.63, 3.8) is 0 Å². The van der Waals surface area contributed by atoms with Gasteiger partial charge in [-0.15, -0.1) is 0 Å². The highest BCUT2D eigenvalue weighted by Crippen LogP contribution is 2.40. The summed E-state index contributed by atoms with van der Waals surface area (Å²) >= 11 is 0. The number of carboxylic acid groups (broad SMARTS) is 1. The van der Waals surface area contributed by atoms with Crippen molar-refractivity contribution in [1.29, 1.82) is 0 Å². The molecule has 1 aromatic carbocycles. The number of likely N-dealkylation sites (N-methyl/N-ethyl adjacent to an activating group) is 1. The zero-order chi connectivity index (χ0) is 20.9. The van der Waals surface area contributed by atoms with Gasteiger partial charge in [-0.3, -0.25) is 4.79 Å². The van der Waals surface area contributed by atoms with Gasteiger partial charge in [0.1, 0.15) is 11.4 Å². The highest BCUT2D eigenvalue weighted by atomic mass is 19.1. The molecule has 2 unspecified atom stereocenters. The van der Waals surface area contributed by atoms with Crippen molar-refractivity contribution < 1.29 is 19.4 Å². The predicted octanol–water partition coefficient (Wildman–Crippen LogP) is 1.90. The zero-order valence-corrected chi connectivity index (χ0v) is 16.7. The Morgan fingerprint density at radius 2 is 2.21 bits per heavy atom. The van der Waals surface area contributed by atoms with Gasteiger partial charge in [0.25, 0.3) is 0 Å². The van der Waals surface area contributed by atoms with Gasteiger partial charge in [0.2, 0.25) is 5.43 Å². The molecule has 8 heteroatoms. The van der Waals surface area contributed by atoms with E-state index in [2.05, 4.69) is 5.32 Å². The van der Waals surface area contributed by atoms with Gasteiger partial charge in [-0.1, -0.05) is 6.92 Å². The molecule has 3 heterocycles. The SMILES string of the molecule is CCNCC1(O)CCN(c2c(F)cc3c(=O)c(C(=O)O)cn4c3c2CCC4C)C1. The van der Waals surface area contributed by atoms with E-state index < -0.39 is 22.8 Å². The van der Waals surface area contributed by atoms with Crippen LogP contribution in [0.1, 0.15) is 48.7 Å². The number of aliphatic hydroxyl groups is 1. The average molecular weight is 403 g/mol. The second kappa shape index (κ2) is 7.11. The number of nitrogens with zero attached hydrogens (tertiary/aromatic N) is 2. The van der Waals surface area contributed by atoms with Crippen molar-refractivity contribution in [3.8, 4) is 0 Å². The van der Waals surface area contributed by atoms with Crippen LogP contribution in [-0.2, 0) is 6.42 Å². The first-order valence-electron chi connectivity index (χ1n) is 10.1. The fraction of sp³-hybridized carbons (Fsp3) is 0.524. The van der Waals surface area contributed by atoms with E-state index in [1.807, 2.05) is 18.7 Å². The minimum Gasteiger partial charge on any atom is -0.477 e. The van der Waals surface area contributed by atoms with E-state index >= 15 is 4.39 Å². The topological polar surface area (TPSA) is 94.8 Å². The second-order valence-corrected chi connectivity index (χ2v) is 8.23. The third-order valence-corrected chi connectivity index (χ3v) is 6.21. The summed E-state index contributed by atoms with van der Waals surface area (Å²) in [5.74, 6) is -1.85. The Morgan fingerprint density at radius 3 is 2.90 bits per heavy atom.